The average molecular weight is 414 g/mol. The number of hydrogen-bond acceptors (Lipinski definition) is 2. The second-order valence-corrected chi connectivity index (χ2v) is 9.07. The van der Waals surface area contributed by atoms with Gasteiger partial charge in [0.25, 0.3) is 0 Å². The summed E-state index contributed by atoms with van der Waals surface area (Å²) in [4.78, 5) is 2.69. The quantitative estimate of drug-likeness (QED) is 0.416. The molecule has 1 fully saturated rings. The van der Waals surface area contributed by atoms with Gasteiger partial charge < -0.3 is 4.74 Å². The second kappa shape index (κ2) is 10.7. The number of nitrogens with zero attached hydrogens (tertiary/aromatic N) is 1. The summed E-state index contributed by atoms with van der Waals surface area (Å²) < 4.78 is 6.83. The van der Waals surface area contributed by atoms with Crippen molar-refractivity contribution in [2.45, 2.75) is 51.4 Å². The van der Waals surface area contributed by atoms with Crippen molar-refractivity contribution in [1.82, 2.24) is 4.90 Å². The van der Waals surface area contributed by atoms with Crippen LogP contribution in [-0.2, 0) is 11.2 Å². The third-order valence-electron chi connectivity index (χ3n) is 6.54. The van der Waals surface area contributed by atoms with E-state index in [1.54, 1.807) is 0 Å². The average Bonchev–Trinajstić information content (AvgIpc) is 2.83. The van der Waals surface area contributed by atoms with Crippen molar-refractivity contribution < 1.29 is 4.74 Å². The van der Waals surface area contributed by atoms with Crippen molar-refractivity contribution in [3.63, 3.8) is 0 Å². The van der Waals surface area contributed by atoms with Crippen molar-refractivity contribution in [3.8, 4) is 0 Å². The minimum atomic E-state index is -0.00363. The van der Waals surface area contributed by atoms with E-state index < -0.39 is 0 Å². The minimum Gasteiger partial charge on any atom is -0.365 e. The van der Waals surface area contributed by atoms with E-state index in [1.807, 2.05) is 0 Å². The van der Waals surface area contributed by atoms with Crippen LogP contribution in [0.25, 0.3) is 0 Å². The van der Waals surface area contributed by atoms with Crippen LogP contribution in [0.15, 0.2) is 91.0 Å². The van der Waals surface area contributed by atoms with Gasteiger partial charge in [-0.1, -0.05) is 105 Å². The number of rotatable bonds is 8. The largest absolute Gasteiger partial charge is 0.365 e. The van der Waals surface area contributed by atoms with Gasteiger partial charge in [0.2, 0.25) is 0 Å². The van der Waals surface area contributed by atoms with Gasteiger partial charge in [0.15, 0.2) is 0 Å². The Bertz CT molecular complexity index is 854. The van der Waals surface area contributed by atoms with Gasteiger partial charge in [-0.2, -0.15) is 0 Å². The highest BCUT2D eigenvalue weighted by Crippen LogP contribution is 2.33. The summed E-state index contributed by atoms with van der Waals surface area (Å²) in [5.41, 5.74) is 3.90. The van der Waals surface area contributed by atoms with Crippen LogP contribution in [0.1, 0.15) is 49.5 Å². The van der Waals surface area contributed by atoms with Gasteiger partial charge in [-0.3, -0.25) is 4.90 Å². The highest BCUT2D eigenvalue weighted by Gasteiger charge is 2.32. The van der Waals surface area contributed by atoms with Gasteiger partial charge in [0.05, 0.1) is 6.10 Å². The molecule has 0 aliphatic carbocycles. The van der Waals surface area contributed by atoms with Crippen molar-refractivity contribution in [3.05, 3.63) is 108 Å². The molecule has 0 radical (unpaired) electrons. The summed E-state index contributed by atoms with van der Waals surface area (Å²) in [5.74, 6) is 0.620. The monoisotopic (exact) mass is 413 g/mol. The fourth-order valence-electron chi connectivity index (χ4n) is 4.82. The molecule has 0 N–H and O–H groups in total. The van der Waals surface area contributed by atoms with E-state index in [4.69, 9.17) is 4.74 Å². The maximum atomic E-state index is 6.83. The summed E-state index contributed by atoms with van der Waals surface area (Å²) in [6.07, 6.45) is 3.59. The zero-order valence-corrected chi connectivity index (χ0v) is 18.9. The topological polar surface area (TPSA) is 12.5 Å². The summed E-state index contributed by atoms with van der Waals surface area (Å²) >= 11 is 0. The van der Waals surface area contributed by atoms with E-state index in [0.29, 0.717) is 12.0 Å². The van der Waals surface area contributed by atoms with Crippen molar-refractivity contribution in [2.75, 3.05) is 13.1 Å². The Hall–Kier alpha value is -2.42. The highest BCUT2D eigenvalue weighted by molar-refractivity contribution is 5.30. The Balaban J connectivity index is 1.44. The molecular formula is C29H35NO. The van der Waals surface area contributed by atoms with Gasteiger partial charge in [-0.25, -0.2) is 0 Å². The van der Waals surface area contributed by atoms with Gasteiger partial charge in [-0.15, -0.1) is 0 Å². The SMILES string of the molecule is CC(C)[C@@H]1C[C@H](OC(c2ccccc2)c2ccccc2)CCN1CCc1ccccc1. The molecule has 4 rings (SSSR count). The lowest BCUT2D eigenvalue weighted by Gasteiger charge is -2.42. The maximum absolute atomic E-state index is 6.83. The molecule has 0 spiro atoms. The molecule has 0 bridgehead atoms. The summed E-state index contributed by atoms with van der Waals surface area (Å²) in [6.45, 7) is 6.94. The molecular weight excluding hydrogens is 378 g/mol. The number of ether oxygens (including phenoxy) is 1. The first-order valence-corrected chi connectivity index (χ1v) is 11.7. The zero-order valence-electron chi connectivity index (χ0n) is 18.9. The highest BCUT2D eigenvalue weighted by atomic mass is 16.5. The van der Waals surface area contributed by atoms with Crippen molar-refractivity contribution in [1.29, 1.82) is 0 Å². The molecule has 0 unspecified atom stereocenters. The van der Waals surface area contributed by atoms with Crippen LogP contribution in [0.2, 0.25) is 0 Å². The number of likely N-dealkylation sites (tertiary alicyclic amines) is 1. The number of piperidine rings is 1. The van der Waals surface area contributed by atoms with Gasteiger partial charge >= 0.3 is 0 Å². The van der Waals surface area contributed by atoms with Crippen molar-refractivity contribution >= 4 is 0 Å². The Morgan fingerprint density at radius 2 is 1.35 bits per heavy atom. The van der Waals surface area contributed by atoms with Crippen LogP contribution in [0.5, 0.6) is 0 Å². The van der Waals surface area contributed by atoms with Crippen LogP contribution < -0.4 is 0 Å². The second-order valence-electron chi connectivity index (χ2n) is 9.07. The molecule has 2 heteroatoms. The Labute approximate surface area is 187 Å². The molecule has 2 nitrogen and oxygen atoms in total. The van der Waals surface area contributed by atoms with Gasteiger partial charge in [-0.05, 0) is 41.9 Å². The lowest BCUT2D eigenvalue weighted by Crippen LogP contribution is -2.48. The summed E-state index contributed by atoms with van der Waals surface area (Å²) in [5, 5.41) is 0. The summed E-state index contributed by atoms with van der Waals surface area (Å²) in [6, 6.07) is 32.8. The number of hydrogen-bond donors (Lipinski definition) is 0. The molecule has 2 atom stereocenters. The molecule has 1 saturated heterocycles. The maximum Gasteiger partial charge on any atom is 0.108 e. The predicted molar refractivity (Wildman–Crippen MR) is 129 cm³/mol. The van der Waals surface area contributed by atoms with Crippen molar-refractivity contribution in [2.24, 2.45) is 5.92 Å². The molecule has 1 heterocycles. The van der Waals surface area contributed by atoms with E-state index >= 15 is 0 Å². The summed E-state index contributed by atoms with van der Waals surface area (Å²) in [7, 11) is 0. The molecule has 1 aliphatic heterocycles. The predicted octanol–water partition coefficient (Wildman–Crippen LogP) is 6.52. The normalized spacial score (nSPS) is 19.7. The molecule has 3 aromatic carbocycles. The number of benzene rings is 3. The molecule has 0 aromatic heterocycles. The third kappa shape index (κ3) is 5.84. The zero-order chi connectivity index (χ0) is 21.5. The van der Waals surface area contributed by atoms with E-state index in [-0.39, 0.29) is 12.2 Å². The van der Waals surface area contributed by atoms with E-state index in [9.17, 15) is 0 Å². The third-order valence-corrected chi connectivity index (χ3v) is 6.54. The Morgan fingerprint density at radius 1 is 0.806 bits per heavy atom. The minimum absolute atomic E-state index is 0.00363. The smallest absolute Gasteiger partial charge is 0.108 e. The van der Waals surface area contributed by atoms with Gasteiger partial charge in [0, 0.05) is 19.1 Å². The first-order valence-electron chi connectivity index (χ1n) is 11.7. The van der Waals surface area contributed by atoms with E-state index in [2.05, 4.69) is 110 Å². The standard InChI is InChI=1S/C29H35NO/c1-23(2)28-22-27(19-21-30(28)20-18-24-12-6-3-7-13-24)31-29(25-14-8-4-9-15-25)26-16-10-5-11-17-26/h3-17,23,27-29H,18-22H2,1-2H3/t27-,28+/m1/s1. The first kappa shape index (κ1) is 21.8. The van der Waals surface area contributed by atoms with Crippen LogP contribution in [0.3, 0.4) is 0 Å². The molecule has 0 amide bonds. The lowest BCUT2D eigenvalue weighted by atomic mass is 9.90. The molecule has 31 heavy (non-hydrogen) atoms. The Kier molecular flexibility index (Phi) is 7.56. The van der Waals surface area contributed by atoms with Crippen LogP contribution in [0, 0.1) is 5.92 Å². The Morgan fingerprint density at radius 3 is 1.90 bits per heavy atom. The molecule has 1 aliphatic rings. The van der Waals surface area contributed by atoms with Crippen LogP contribution >= 0.6 is 0 Å². The lowest BCUT2D eigenvalue weighted by molar-refractivity contribution is -0.0521. The van der Waals surface area contributed by atoms with Crippen LogP contribution in [0.4, 0.5) is 0 Å². The molecule has 3 aromatic rings. The fraction of sp³-hybridized carbons (Fsp3) is 0.379. The molecule has 162 valence electrons. The molecule has 0 saturated carbocycles. The first-order chi connectivity index (χ1) is 15.2. The fourth-order valence-corrected chi connectivity index (χ4v) is 4.82. The van der Waals surface area contributed by atoms with Crippen LogP contribution in [-0.4, -0.2) is 30.1 Å². The van der Waals surface area contributed by atoms with E-state index in [1.165, 1.54) is 16.7 Å². The van der Waals surface area contributed by atoms with Gasteiger partial charge in [0.1, 0.15) is 6.10 Å². The van der Waals surface area contributed by atoms with E-state index in [0.717, 1.165) is 32.4 Å².